The zero-order valence-corrected chi connectivity index (χ0v) is 74.0. The molecule has 54 heteroatoms. The van der Waals surface area contributed by atoms with Crippen LogP contribution in [0.1, 0.15) is 48.9 Å². The Morgan fingerprint density at radius 3 is 1.52 bits per heavy atom. The summed E-state index contributed by atoms with van der Waals surface area (Å²) < 4.78 is 124. The molecule has 562 valence electrons. The van der Waals surface area contributed by atoms with Crippen LogP contribution in [0.3, 0.4) is 0 Å². The number of nitrogens with zero attached hydrogens (tertiary/aromatic N) is 14. The van der Waals surface area contributed by atoms with Crippen molar-refractivity contribution in [2.45, 2.75) is 147 Å². The normalized spacial score (nSPS) is 34.2. The van der Waals surface area contributed by atoms with E-state index in [4.69, 9.17) is 101 Å². The number of carbonyl (C=O) groups excluding carboxylic acids is 1. The fraction of sp³-hybridized carbons (Fsp3) is 0.574. The second-order valence-electron chi connectivity index (χ2n) is 24.6. The molecular weight excluding hydrogens is 1670 g/mol. The van der Waals surface area contributed by atoms with Crippen LogP contribution in [-0.4, -0.2) is 224 Å². The molecule has 6 fully saturated rings. The summed E-state index contributed by atoms with van der Waals surface area (Å²) in [4.78, 5) is 110. The van der Waals surface area contributed by atoms with Crippen molar-refractivity contribution in [2.75, 3.05) is 57.6 Å². The molecule has 4 bridgehead atoms. The number of amides is 1. The predicted molar refractivity (Wildman–Crippen MR) is 368 cm³/mol. The van der Waals surface area contributed by atoms with Crippen LogP contribution in [0.4, 0.5) is 8.78 Å². The Morgan fingerprint density at radius 2 is 1.05 bits per heavy atom. The molecule has 38 nitrogen and oxygen atoms in total. The summed E-state index contributed by atoms with van der Waals surface area (Å²) in [5.41, 5.74) is 7.17. The molecular formula is C54H62F2N16Na4O22P4S6+2. The van der Waals surface area contributed by atoms with Gasteiger partial charge in [-0.3, -0.25) is 46.2 Å². The number of aliphatic hydroxyl groups excluding tert-OH is 3. The molecule has 0 aromatic carbocycles. The zero-order chi connectivity index (χ0) is 72.9. The summed E-state index contributed by atoms with van der Waals surface area (Å²) in [5, 5.41) is 37.0. The van der Waals surface area contributed by atoms with Gasteiger partial charge in [-0.2, -0.15) is 0 Å². The minimum atomic E-state index is -4.53. The maximum absolute atomic E-state index is 16.5. The van der Waals surface area contributed by atoms with Crippen molar-refractivity contribution in [1.29, 1.82) is 0 Å². The smallest absolute Gasteiger partial charge is 0.780 e. The second kappa shape index (κ2) is 36.5. The first-order valence-electron chi connectivity index (χ1n) is 32.0. The van der Waals surface area contributed by atoms with E-state index in [1.54, 1.807) is 35.9 Å². The molecule has 8 aliphatic rings. The standard InChI is InChI=1S/C28H33FN8O12P2S3.C26H31FN8O10P2S3.4Na/c29-18-21-15(47-27(18)36-6-13-2-1-5-54-25-17(13)23(36)31-10-32-25)9-45-51(43,53)49-22-20(40)14(8-44-50(42,52)48-21)46-28(22)37-12-33-19-24(37)34-11-35(26(19)41)4-3-30-16(39)7-38;27-16-19-14(43-25(16)34-6-12-2-1-5-50-23-15(12)21(34)29-9-30-23)8-41-47(39,49)45-20-18(36)13(7-40-46(38,48)44-19)42-26(20)35-11-31-17-22(35)32-10-33(4-3-28)24(17)37;;;;/h6,10-12,14-15,18,20-22,27-28,38,40H,1-5,7-9H2,(H,30,39)(H,42,52)(H,43,53);6,9-11,13-14,16,18-20,25-26,36H,1-5,7-8,28H2,(H,38,48)(H,39,49);;;;/q;;4*+1/p-2/t14-,15-,18-,20-,21-,22-,27-,28-,50?,51?;13-,14-,16-,18-,19-,20-,25-,26-,46?,47?;;;;/m11..../s1. The summed E-state index contributed by atoms with van der Waals surface area (Å²) >= 11 is 22.9. The van der Waals surface area contributed by atoms with Gasteiger partial charge in [0.25, 0.3) is 11.1 Å². The Labute approximate surface area is 726 Å². The van der Waals surface area contributed by atoms with Crippen LogP contribution in [0.2, 0.25) is 0 Å². The van der Waals surface area contributed by atoms with Crippen LogP contribution in [0.15, 0.2) is 70.0 Å². The number of hydrogen-bond donors (Lipinski definition) is 7. The van der Waals surface area contributed by atoms with E-state index in [0.717, 1.165) is 62.7 Å². The summed E-state index contributed by atoms with van der Waals surface area (Å²) in [5.74, 6) is 1.12. The summed E-state index contributed by atoms with van der Waals surface area (Å²) in [7, 11) is 0. The third-order valence-electron chi connectivity index (χ3n) is 18.1. The SMILES string of the molecule is NCCn1cnc2c(ncn2[C@@H]2O[C@@H]3COP([O-])(=S)O[C@H]4[C@@H](F)[C@H](n5cc6c7c(ncnc75)SCCC6)O[C@@H]4COP(=O)(S)O[C@@H]2[C@@H]3O)c1=O.O=C(CO)NCCn1cnc2c(ncn2[C@@H]2O[C@@H]3COP([O-])(=S)O[C@H]4[C@@H](F)[C@H](n5cc6c7c(ncnc75)SCCC6)O[C@@H]4COP(O)(=S)O[C@@H]2[C@@H]3O)c1=O.[Na+].[Na+].[Na+].[Na+]. The molecule has 16 heterocycles. The Bertz CT molecular complexity index is 4980. The molecule has 0 spiro atoms. The minimum absolute atomic E-state index is 0. The number of imidazole rings is 2. The van der Waals surface area contributed by atoms with E-state index in [0.29, 0.717) is 17.7 Å². The average Bonchev–Trinajstić information content (AvgIpc) is 1.61. The van der Waals surface area contributed by atoms with Gasteiger partial charge in [0.1, 0.15) is 128 Å². The van der Waals surface area contributed by atoms with Crippen molar-refractivity contribution in [2.24, 2.45) is 5.73 Å². The molecule has 8 aliphatic heterocycles. The Morgan fingerprint density at radius 1 is 0.602 bits per heavy atom. The van der Waals surface area contributed by atoms with Gasteiger partial charge in [0.2, 0.25) is 5.91 Å². The number of rotatable bonds is 10. The molecule has 6 saturated heterocycles. The number of ether oxygens (including phenoxy) is 4. The van der Waals surface area contributed by atoms with Crippen molar-refractivity contribution in [1.82, 2.24) is 72.6 Å². The number of thiol groups is 1. The molecule has 8 aromatic heterocycles. The largest absolute Gasteiger partial charge is 1.00 e. The van der Waals surface area contributed by atoms with E-state index < -0.39 is 175 Å². The summed E-state index contributed by atoms with van der Waals surface area (Å²) in [6.45, 7) is -20.5. The molecule has 108 heavy (non-hydrogen) atoms. The molecule has 16 rings (SSSR count). The first kappa shape index (κ1) is 88.5. The van der Waals surface area contributed by atoms with E-state index in [1.807, 2.05) is 0 Å². The number of aliphatic hydroxyl groups is 3. The van der Waals surface area contributed by atoms with Crippen LogP contribution in [0, 0.1) is 0 Å². The van der Waals surface area contributed by atoms with Crippen LogP contribution in [0.25, 0.3) is 44.4 Å². The van der Waals surface area contributed by atoms with Crippen molar-refractivity contribution in [3.8, 4) is 0 Å². The number of nitrogens with one attached hydrogen (secondary N) is 1. The molecule has 20 atom stereocenters. The molecule has 0 saturated carbocycles. The van der Waals surface area contributed by atoms with Gasteiger partial charge in [-0.25, -0.2) is 53.2 Å². The van der Waals surface area contributed by atoms with Gasteiger partial charge >= 0.3 is 132 Å². The van der Waals surface area contributed by atoms with Gasteiger partial charge in [-0.05, 0) is 60.1 Å². The van der Waals surface area contributed by atoms with Crippen molar-refractivity contribution < 1.29 is 222 Å². The van der Waals surface area contributed by atoms with Crippen molar-refractivity contribution >= 4 is 148 Å². The van der Waals surface area contributed by atoms with Crippen LogP contribution in [-0.2, 0) is 126 Å². The molecule has 1 amide bonds. The fourth-order valence-electron chi connectivity index (χ4n) is 13.3. The third-order valence-corrected chi connectivity index (χ3v) is 26.5. The number of fused-ring (bicyclic) bond motifs is 8. The molecule has 0 aliphatic carbocycles. The average molecular weight is 1730 g/mol. The maximum atomic E-state index is 16.5. The van der Waals surface area contributed by atoms with E-state index in [9.17, 15) is 43.8 Å². The topological polar surface area (TPSA) is 477 Å². The van der Waals surface area contributed by atoms with E-state index >= 15 is 8.78 Å². The number of aryl methyl sites for hydroxylation is 2. The first-order chi connectivity index (χ1) is 49.8. The Hall–Kier alpha value is -0.260. The maximum Gasteiger partial charge on any atom is 1.00 e. The van der Waals surface area contributed by atoms with Crippen molar-refractivity contribution in [3.05, 3.63) is 82.2 Å². The molecule has 7 N–H and O–H groups in total. The number of hydrogen-bond acceptors (Lipinski definition) is 35. The number of nitrogens with two attached hydrogens (primary N) is 1. The molecule has 4 unspecified atom stereocenters. The molecule has 0 radical (unpaired) electrons. The third kappa shape index (κ3) is 18.2. The van der Waals surface area contributed by atoms with Gasteiger partial charge < -0.3 is 91.8 Å². The van der Waals surface area contributed by atoms with Gasteiger partial charge in [-0.15, -0.1) is 23.5 Å². The number of carbonyl (C=O) groups is 1. The number of halogens is 2. The van der Waals surface area contributed by atoms with Gasteiger partial charge in [0, 0.05) is 38.6 Å². The van der Waals surface area contributed by atoms with E-state index in [2.05, 4.69) is 57.4 Å². The van der Waals surface area contributed by atoms with Crippen molar-refractivity contribution in [3.63, 3.8) is 0 Å². The quantitative estimate of drug-likeness (QED) is 0.0289. The number of aromatic nitrogens is 14. The monoisotopic (exact) mass is 1730 g/mol. The minimum Gasteiger partial charge on any atom is -0.780 e. The Kier molecular flexibility index (Phi) is 30.0. The van der Waals surface area contributed by atoms with Crippen LogP contribution in [0.5, 0.6) is 0 Å². The summed E-state index contributed by atoms with van der Waals surface area (Å²) in [6, 6.07) is 0. The van der Waals surface area contributed by atoms with E-state index in [-0.39, 0.29) is 167 Å². The predicted octanol–water partition coefficient (Wildman–Crippen LogP) is -11.7. The van der Waals surface area contributed by atoms with Gasteiger partial charge in [-0.1, -0.05) is 35.9 Å². The van der Waals surface area contributed by atoms with E-state index in [1.165, 1.54) is 65.4 Å². The first-order valence-corrected chi connectivity index (χ1v) is 44.4. The number of thioether (sulfide) groups is 2. The zero-order valence-electron chi connectivity index (χ0n) is 57.5. The fourth-order valence-corrected chi connectivity index (χ4v) is 21.0. The second-order valence-corrected chi connectivity index (χ2v) is 37.9. The van der Waals surface area contributed by atoms with Gasteiger partial charge in [0.05, 0.1) is 49.9 Å². The number of alkyl halides is 2. The summed E-state index contributed by atoms with van der Waals surface area (Å²) in [6.07, 6.45) is -9.58. The van der Waals surface area contributed by atoms with Crippen LogP contribution < -0.4 is 150 Å². The van der Waals surface area contributed by atoms with Crippen LogP contribution >= 0.6 is 62.7 Å². The molecule has 8 aromatic rings. The Balaban J connectivity index is 0.000000208. The van der Waals surface area contributed by atoms with Gasteiger partial charge in [0.15, 0.2) is 59.6 Å².